The Labute approximate surface area is 152 Å². The number of imide groups is 1. The zero-order valence-electron chi connectivity index (χ0n) is 15.1. The average molecular weight is 385 g/mol. The second-order valence-corrected chi connectivity index (χ2v) is 7.32. The third kappa shape index (κ3) is 6.45. The molecule has 0 saturated carbocycles. The normalized spacial score (nSPS) is 12.2. The first-order valence-corrected chi connectivity index (χ1v) is 9.40. The molecule has 144 valence electrons. The Hall–Kier alpha value is -2.46. The van der Waals surface area contributed by atoms with Crippen molar-refractivity contribution >= 4 is 27.9 Å². The fraction of sp³-hybridized carbons (Fsp3) is 0.438. The van der Waals surface area contributed by atoms with Gasteiger partial charge in [-0.05, 0) is 51.0 Å². The van der Waals surface area contributed by atoms with Crippen LogP contribution >= 0.6 is 0 Å². The number of aryl methyl sites for hydroxylation is 2. The van der Waals surface area contributed by atoms with Crippen molar-refractivity contribution in [1.82, 2.24) is 15.4 Å². The number of esters is 1. The lowest BCUT2D eigenvalue weighted by Gasteiger charge is -2.13. The molecule has 3 amide bonds. The van der Waals surface area contributed by atoms with Crippen LogP contribution in [0.5, 0.6) is 0 Å². The summed E-state index contributed by atoms with van der Waals surface area (Å²) in [5, 5.41) is 4.34. The summed E-state index contributed by atoms with van der Waals surface area (Å²) in [7, 11) is -3.89. The minimum atomic E-state index is -3.89. The molecule has 1 aromatic rings. The maximum absolute atomic E-state index is 12.2. The van der Waals surface area contributed by atoms with Crippen molar-refractivity contribution in [2.75, 3.05) is 13.1 Å². The van der Waals surface area contributed by atoms with Crippen molar-refractivity contribution < 1.29 is 27.5 Å². The molecule has 1 aromatic carbocycles. The van der Waals surface area contributed by atoms with E-state index in [0.29, 0.717) is 6.54 Å². The zero-order valence-corrected chi connectivity index (χ0v) is 15.9. The molecule has 0 spiro atoms. The second-order valence-electron chi connectivity index (χ2n) is 5.55. The van der Waals surface area contributed by atoms with E-state index in [4.69, 9.17) is 4.74 Å². The summed E-state index contributed by atoms with van der Waals surface area (Å²) in [4.78, 5) is 34.7. The van der Waals surface area contributed by atoms with Crippen LogP contribution in [0.15, 0.2) is 23.1 Å². The smallest absolute Gasteiger partial charge is 0.321 e. The largest absolute Gasteiger partial charge is 0.452 e. The lowest BCUT2D eigenvalue weighted by atomic mass is 10.1. The van der Waals surface area contributed by atoms with Gasteiger partial charge in [0.2, 0.25) is 10.0 Å². The molecule has 0 aliphatic heterocycles. The third-order valence-electron chi connectivity index (χ3n) is 3.45. The van der Waals surface area contributed by atoms with E-state index in [0.717, 1.165) is 11.1 Å². The quantitative estimate of drug-likeness (QED) is 0.581. The molecule has 0 bridgehead atoms. The van der Waals surface area contributed by atoms with Crippen LogP contribution in [0.3, 0.4) is 0 Å². The Kier molecular flexibility index (Phi) is 7.72. The maximum Gasteiger partial charge on any atom is 0.321 e. The number of nitrogens with one attached hydrogen (secondary N) is 3. The SMILES string of the molecule is CCNC(=O)NC(=O)C(C)OC(=O)CNS(=O)(=O)c1ccc(C)c(C)c1. The molecule has 0 aliphatic rings. The van der Waals surface area contributed by atoms with Gasteiger partial charge in [0.15, 0.2) is 6.10 Å². The fourth-order valence-electron chi connectivity index (χ4n) is 1.83. The molecule has 1 rings (SSSR count). The van der Waals surface area contributed by atoms with E-state index >= 15 is 0 Å². The predicted octanol–water partition coefficient (Wildman–Crippen LogP) is 0.359. The molecule has 0 aromatic heterocycles. The van der Waals surface area contributed by atoms with Gasteiger partial charge in [0, 0.05) is 6.54 Å². The summed E-state index contributed by atoms with van der Waals surface area (Å²) in [6, 6.07) is 3.87. The molecule has 1 unspecified atom stereocenters. The first-order valence-electron chi connectivity index (χ1n) is 7.92. The summed E-state index contributed by atoms with van der Waals surface area (Å²) >= 11 is 0. The molecule has 3 N–H and O–H groups in total. The predicted molar refractivity (Wildman–Crippen MR) is 93.9 cm³/mol. The van der Waals surface area contributed by atoms with E-state index in [2.05, 4.69) is 10.0 Å². The zero-order chi connectivity index (χ0) is 19.9. The van der Waals surface area contributed by atoms with Crippen LogP contribution in [-0.2, 0) is 24.3 Å². The molecule has 0 heterocycles. The Morgan fingerprint density at radius 3 is 2.38 bits per heavy atom. The van der Waals surface area contributed by atoms with E-state index in [1.807, 2.05) is 12.2 Å². The Morgan fingerprint density at radius 2 is 1.81 bits per heavy atom. The van der Waals surface area contributed by atoms with Crippen molar-refractivity contribution in [3.8, 4) is 0 Å². The van der Waals surface area contributed by atoms with Gasteiger partial charge < -0.3 is 10.1 Å². The van der Waals surface area contributed by atoms with Gasteiger partial charge in [0.25, 0.3) is 5.91 Å². The molecule has 10 heteroatoms. The molecule has 1 atom stereocenters. The van der Waals surface area contributed by atoms with Crippen molar-refractivity contribution in [3.63, 3.8) is 0 Å². The van der Waals surface area contributed by atoms with Gasteiger partial charge in [-0.2, -0.15) is 4.72 Å². The standard InChI is InChI=1S/C16H23N3O6S/c1-5-17-16(22)19-15(21)12(4)25-14(20)9-18-26(23,24)13-7-6-10(2)11(3)8-13/h6-8,12,18H,5,9H2,1-4H3,(H2,17,19,21,22). The molecular formula is C16H23N3O6S. The van der Waals surface area contributed by atoms with Gasteiger partial charge in [-0.25, -0.2) is 13.2 Å². The highest BCUT2D eigenvalue weighted by atomic mass is 32.2. The summed E-state index contributed by atoms with van der Waals surface area (Å²) in [5.41, 5.74) is 1.74. The van der Waals surface area contributed by atoms with Crippen LogP contribution < -0.4 is 15.4 Å². The van der Waals surface area contributed by atoms with Gasteiger partial charge >= 0.3 is 12.0 Å². The minimum absolute atomic E-state index is 0.0235. The van der Waals surface area contributed by atoms with Gasteiger partial charge in [0.1, 0.15) is 6.54 Å². The third-order valence-corrected chi connectivity index (χ3v) is 4.85. The van der Waals surface area contributed by atoms with Gasteiger partial charge in [-0.3, -0.25) is 14.9 Å². The van der Waals surface area contributed by atoms with Crippen LogP contribution in [0.4, 0.5) is 4.79 Å². The Bertz CT molecular complexity index is 791. The van der Waals surface area contributed by atoms with Crippen LogP contribution in [0.1, 0.15) is 25.0 Å². The summed E-state index contributed by atoms with van der Waals surface area (Å²) in [6.45, 7) is 6.25. The van der Waals surface area contributed by atoms with Gasteiger partial charge in [-0.1, -0.05) is 6.07 Å². The van der Waals surface area contributed by atoms with Crippen LogP contribution in [0.25, 0.3) is 0 Å². The van der Waals surface area contributed by atoms with Crippen LogP contribution in [0, 0.1) is 13.8 Å². The maximum atomic E-state index is 12.2. The molecule has 0 aliphatic carbocycles. The number of amides is 3. The van der Waals surface area contributed by atoms with Crippen LogP contribution in [0.2, 0.25) is 0 Å². The first-order chi connectivity index (χ1) is 12.1. The number of carbonyl (C=O) groups excluding carboxylic acids is 3. The van der Waals surface area contributed by atoms with Crippen molar-refractivity contribution in [3.05, 3.63) is 29.3 Å². The van der Waals surface area contributed by atoms with Crippen molar-refractivity contribution in [1.29, 1.82) is 0 Å². The number of carbonyl (C=O) groups is 3. The van der Waals surface area contributed by atoms with E-state index < -0.39 is 40.6 Å². The van der Waals surface area contributed by atoms with Crippen molar-refractivity contribution in [2.24, 2.45) is 0 Å². The lowest BCUT2D eigenvalue weighted by Crippen LogP contribution is -2.45. The number of urea groups is 1. The highest BCUT2D eigenvalue weighted by Gasteiger charge is 2.22. The van der Waals surface area contributed by atoms with E-state index in [-0.39, 0.29) is 4.90 Å². The number of sulfonamides is 1. The summed E-state index contributed by atoms with van der Waals surface area (Å²) < 4.78 is 31.3. The number of benzene rings is 1. The highest BCUT2D eigenvalue weighted by Crippen LogP contribution is 2.14. The monoisotopic (exact) mass is 385 g/mol. The number of hydrogen-bond acceptors (Lipinski definition) is 6. The van der Waals surface area contributed by atoms with Crippen LogP contribution in [-0.4, -0.2) is 45.5 Å². The topological polar surface area (TPSA) is 131 Å². The lowest BCUT2D eigenvalue weighted by molar-refractivity contribution is -0.153. The number of ether oxygens (including phenoxy) is 1. The fourth-order valence-corrected chi connectivity index (χ4v) is 2.88. The molecular weight excluding hydrogens is 362 g/mol. The molecule has 0 radical (unpaired) electrons. The summed E-state index contributed by atoms with van der Waals surface area (Å²) in [6.07, 6.45) is -1.25. The van der Waals surface area contributed by atoms with Gasteiger partial charge in [-0.15, -0.1) is 0 Å². The molecule has 26 heavy (non-hydrogen) atoms. The van der Waals surface area contributed by atoms with Gasteiger partial charge in [0.05, 0.1) is 4.90 Å². The molecule has 0 saturated heterocycles. The Balaban J connectivity index is 2.58. The Morgan fingerprint density at radius 1 is 1.15 bits per heavy atom. The summed E-state index contributed by atoms with van der Waals surface area (Å²) in [5.74, 6) is -1.77. The van der Waals surface area contributed by atoms with E-state index in [1.165, 1.54) is 19.1 Å². The number of rotatable bonds is 7. The second kappa shape index (κ2) is 9.30. The van der Waals surface area contributed by atoms with Crippen molar-refractivity contribution in [2.45, 2.75) is 38.7 Å². The highest BCUT2D eigenvalue weighted by molar-refractivity contribution is 7.89. The average Bonchev–Trinajstić information content (AvgIpc) is 2.55. The first kappa shape index (κ1) is 21.6. The number of hydrogen-bond donors (Lipinski definition) is 3. The van der Waals surface area contributed by atoms with E-state index in [9.17, 15) is 22.8 Å². The molecule has 9 nitrogen and oxygen atoms in total. The molecule has 0 fully saturated rings. The minimum Gasteiger partial charge on any atom is -0.452 e. The van der Waals surface area contributed by atoms with E-state index in [1.54, 1.807) is 19.9 Å².